The van der Waals surface area contributed by atoms with E-state index in [1.807, 2.05) is 25.1 Å². The van der Waals surface area contributed by atoms with Crippen LogP contribution in [0.5, 0.6) is 0 Å². The standard InChI is InChI=1S/C14H22N4O2/c1-17(2)6-5-15-14(19)13-4-3-12(11-16-13)18-7-9-20-10-8-18/h3-4,11H,5-10H2,1-2H3,(H,15,19). The number of hydrogen-bond acceptors (Lipinski definition) is 5. The molecule has 0 spiro atoms. The molecule has 1 saturated heterocycles. The molecular formula is C14H22N4O2. The molecule has 0 aromatic carbocycles. The minimum absolute atomic E-state index is 0.125. The maximum atomic E-state index is 11.9. The van der Waals surface area contributed by atoms with Crippen LogP contribution in [0.2, 0.25) is 0 Å². The van der Waals surface area contributed by atoms with Crippen LogP contribution >= 0.6 is 0 Å². The molecule has 1 aliphatic rings. The number of carbonyl (C=O) groups is 1. The number of rotatable bonds is 5. The molecule has 2 rings (SSSR count). The monoisotopic (exact) mass is 278 g/mol. The highest BCUT2D eigenvalue weighted by Gasteiger charge is 2.12. The van der Waals surface area contributed by atoms with Crippen LogP contribution in [-0.4, -0.2) is 69.3 Å². The van der Waals surface area contributed by atoms with Gasteiger partial charge in [0.25, 0.3) is 5.91 Å². The van der Waals surface area contributed by atoms with Crippen molar-refractivity contribution in [3.05, 3.63) is 24.0 Å². The molecule has 110 valence electrons. The molecule has 20 heavy (non-hydrogen) atoms. The topological polar surface area (TPSA) is 57.7 Å². The van der Waals surface area contributed by atoms with Gasteiger partial charge in [-0.05, 0) is 26.2 Å². The number of anilines is 1. The third kappa shape index (κ3) is 4.18. The molecule has 0 bridgehead atoms. The number of likely N-dealkylation sites (N-methyl/N-ethyl adjacent to an activating group) is 1. The summed E-state index contributed by atoms with van der Waals surface area (Å²) in [6.07, 6.45) is 1.76. The van der Waals surface area contributed by atoms with Crippen molar-refractivity contribution < 1.29 is 9.53 Å². The molecule has 0 unspecified atom stereocenters. The summed E-state index contributed by atoms with van der Waals surface area (Å²) in [6, 6.07) is 3.72. The molecule has 0 saturated carbocycles. The number of morpholine rings is 1. The van der Waals surface area contributed by atoms with Crippen molar-refractivity contribution in [2.45, 2.75) is 0 Å². The molecule has 0 aliphatic carbocycles. The van der Waals surface area contributed by atoms with Crippen LogP contribution in [0.15, 0.2) is 18.3 Å². The molecule has 6 heteroatoms. The Hall–Kier alpha value is -1.66. The van der Waals surface area contributed by atoms with Crippen LogP contribution in [0.1, 0.15) is 10.5 Å². The van der Waals surface area contributed by atoms with E-state index < -0.39 is 0 Å². The van der Waals surface area contributed by atoms with Crippen molar-refractivity contribution >= 4 is 11.6 Å². The zero-order chi connectivity index (χ0) is 14.4. The van der Waals surface area contributed by atoms with Gasteiger partial charge >= 0.3 is 0 Å². The van der Waals surface area contributed by atoms with Crippen LogP contribution in [0, 0.1) is 0 Å². The largest absolute Gasteiger partial charge is 0.378 e. The number of hydrogen-bond donors (Lipinski definition) is 1. The van der Waals surface area contributed by atoms with Crippen molar-refractivity contribution in [3.63, 3.8) is 0 Å². The van der Waals surface area contributed by atoms with Crippen molar-refractivity contribution in [2.24, 2.45) is 0 Å². The van der Waals surface area contributed by atoms with E-state index in [1.165, 1.54) is 0 Å². The number of ether oxygens (including phenoxy) is 1. The Labute approximate surface area is 119 Å². The van der Waals surface area contributed by atoms with Crippen molar-refractivity contribution in [3.8, 4) is 0 Å². The predicted octanol–water partition coefficient (Wildman–Crippen LogP) is 0.210. The molecule has 1 aliphatic heterocycles. The summed E-state index contributed by atoms with van der Waals surface area (Å²) in [6.45, 7) is 4.67. The van der Waals surface area contributed by atoms with Gasteiger partial charge in [-0.1, -0.05) is 0 Å². The normalized spacial score (nSPS) is 15.4. The van der Waals surface area contributed by atoms with Gasteiger partial charge in [-0.2, -0.15) is 0 Å². The Bertz CT molecular complexity index is 427. The highest BCUT2D eigenvalue weighted by Crippen LogP contribution is 2.14. The second kappa shape index (κ2) is 7.21. The fraction of sp³-hybridized carbons (Fsp3) is 0.571. The highest BCUT2D eigenvalue weighted by atomic mass is 16.5. The lowest BCUT2D eigenvalue weighted by Gasteiger charge is -2.28. The van der Waals surface area contributed by atoms with E-state index in [0.29, 0.717) is 12.2 Å². The van der Waals surface area contributed by atoms with E-state index in [2.05, 4.69) is 15.2 Å². The van der Waals surface area contributed by atoms with Gasteiger partial charge in [0.05, 0.1) is 25.1 Å². The first-order valence-electron chi connectivity index (χ1n) is 6.88. The van der Waals surface area contributed by atoms with Gasteiger partial charge in [-0.25, -0.2) is 4.98 Å². The molecule has 1 N–H and O–H groups in total. The van der Waals surface area contributed by atoms with Crippen LogP contribution < -0.4 is 10.2 Å². The average Bonchev–Trinajstić information content (AvgIpc) is 2.48. The summed E-state index contributed by atoms with van der Waals surface area (Å²) in [5, 5.41) is 2.85. The highest BCUT2D eigenvalue weighted by molar-refractivity contribution is 5.92. The molecule has 2 heterocycles. The fourth-order valence-electron chi connectivity index (χ4n) is 2.01. The minimum atomic E-state index is -0.125. The molecule has 6 nitrogen and oxygen atoms in total. The van der Waals surface area contributed by atoms with Crippen LogP contribution in [0.25, 0.3) is 0 Å². The lowest BCUT2D eigenvalue weighted by Crippen LogP contribution is -2.36. The molecule has 0 radical (unpaired) electrons. The van der Waals surface area contributed by atoms with Crippen molar-refractivity contribution in [2.75, 3.05) is 58.4 Å². The third-order valence-corrected chi connectivity index (χ3v) is 3.20. The second-order valence-electron chi connectivity index (χ2n) is 5.06. The lowest BCUT2D eigenvalue weighted by atomic mass is 10.3. The molecule has 1 aromatic heterocycles. The quantitative estimate of drug-likeness (QED) is 0.834. The van der Waals surface area contributed by atoms with Crippen LogP contribution in [-0.2, 0) is 4.74 Å². The molecule has 1 fully saturated rings. The van der Waals surface area contributed by atoms with E-state index in [9.17, 15) is 4.79 Å². The van der Waals surface area contributed by atoms with E-state index in [0.717, 1.165) is 38.5 Å². The van der Waals surface area contributed by atoms with E-state index in [4.69, 9.17) is 4.74 Å². The number of aromatic nitrogens is 1. The maximum absolute atomic E-state index is 11.9. The first-order valence-corrected chi connectivity index (χ1v) is 6.88. The van der Waals surface area contributed by atoms with Gasteiger partial charge in [0.1, 0.15) is 5.69 Å². The molecule has 1 amide bonds. The Morgan fingerprint density at radius 3 is 2.75 bits per heavy atom. The van der Waals surface area contributed by atoms with Crippen LogP contribution in [0.4, 0.5) is 5.69 Å². The van der Waals surface area contributed by atoms with Crippen molar-refractivity contribution in [1.29, 1.82) is 0 Å². The van der Waals surface area contributed by atoms with Gasteiger partial charge in [-0.15, -0.1) is 0 Å². The summed E-state index contributed by atoms with van der Waals surface area (Å²) >= 11 is 0. The SMILES string of the molecule is CN(C)CCNC(=O)c1ccc(N2CCOCC2)cn1. The Kier molecular flexibility index (Phi) is 5.31. The van der Waals surface area contributed by atoms with E-state index >= 15 is 0 Å². The second-order valence-corrected chi connectivity index (χ2v) is 5.06. The number of nitrogens with one attached hydrogen (secondary N) is 1. The van der Waals surface area contributed by atoms with Crippen molar-refractivity contribution in [1.82, 2.24) is 15.2 Å². The summed E-state index contributed by atoms with van der Waals surface area (Å²) < 4.78 is 5.32. The summed E-state index contributed by atoms with van der Waals surface area (Å²) in [5.41, 5.74) is 1.50. The van der Waals surface area contributed by atoms with Crippen LogP contribution in [0.3, 0.4) is 0 Å². The fourth-order valence-corrected chi connectivity index (χ4v) is 2.01. The number of pyridine rings is 1. The summed E-state index contributed by atoms with van der Waals surface area (Å²) in [7, 11) is 3.95. The van der Waals surface area contributed by atoms with Gasteiger partial charge in [0.2, 0.25) is 0 Å². The first kappa shape index (κ1) is 14.7. The predicted molar refractivity (Wildman–Crippen MR) is 78.2 cm³/mol. The summed E-state index contributed by atoms with van der Waals surface area (Å²) in [5.74, 6) is -0.125. The zero-order valence-electron chi connectivity index (χ0n) is 12.1. The van der Waals surface area contributed by atoms with Gasteiger partial charge in [0, 0.05) is 26.2 Å². The average molecular weight is 278 g/mol. The smallest absolute Gasteiger partial charge is 0.269 e. The third-order valence-electron chi connectivity index (χ3n) is 3.20. The van der Waals surface area contributed by atoms with E-state index in [1.54, 1.807) is 12.3 Å². The molecule has 1 aromatic rings. The number of carbonyl (C=O) groups excluding carboxylic acids is 1. The maximum Gasteiger partial charge on any atom is 0.269 e. The number of amides is 1. The first-order chi connectivity index (χ1) is 9.66. The molecular weight excluding hydrogens is 256 g/mol. The Morgan fingerprint density at radius 2 is 2.15 bits per heavy atom. The Balaban J connectivity index is 1.88. The van der Waals surface area contributed by atoms with Gasteiger partial charge < -0.3 is 19.9 Å². The number of nitrogens with zero attached hydrogens (tertiary/aromatic N) is 3. The molecule has 0 atom stereocenters. The van der Waals surface area contributed by atoms with E-state index in [-0.39, 0.29) is 5.91 Å². The summed E-state index contributed by atoms with van der Waals surface area (Å²) in [4.78, 5) is 20.4. The Morgan fingerprint density at radius 1 is 1.40 bits per heavy atom. The lowest BCUT2D eigenvalue weighted by molar-refractivity contribution is 0.0946. The zero-order valence-corrected chi connectivity index (χ0v) is 12.1. The van der Waals surface area contributed by atoms with Gasteiger partial charge in [0.15, 0.2) is 0 Å². The minimum Gasteiger partial charge on any atom is -0.378 e. The van der Waals surface area contributed by atoms with Gasteiger partial charge in [-0.3, -0.25) is 4.79 Å².